The van der Waals surface area contributed by atoms with Crippen molar-refractivity contribution in [3.05, 3.63) is 0 Å². The van der Waals surface area contributed by atoms with Crippen LogP contribution >= 0.6 is 0 Å². The summed E-state index contributed by atoms with van der Waals surface area (Å²) in [6.45, 7) is -1.52. The molecule has 0 saturated heterocycles. The summed E-state index contributed by atoms with van der Waals surface area (Å²) in [6.07, 6.45) is 0. The minimum Gasteiger partial charge on any atom is -0.477 e. The number of alkyl halides is 24. The van der Waals surface area contributed by atoms with Gasteiger partial charge < -0.3 is 5.11 Å². The Morgan fingerprint density at radius 2 is 0.500 bits per heavy atom. The molecule has 0 unspecified atom stereocenters. The van der Waals surface area contributed by atoms with Gasteiger partial charge >= 0.3 is 77.0 Å². The van der Waals surface area contributed by atoms with Crippen molar-refractivity contribution in [2.45, 2.75) is 78.0 Å². The number of halogens is 24. The van der Waals surface area contributed by atoms with Crippen LogP contribution in [-0.4, -0.2) is 82.1 Å². The first kappa shape index (κ1) is 37.8. The fourth-order valence-corrected chi connectivity index (χ4v) is 2.18. The number of hydrogen-bond donors (Lipinski definition) is 1. The summed E-state index contributed by atoms with van der Waals surface area (Å²) in [5.41, 5.74) is 0. The minimum absolute atomic E-state index is 1.52. The lowest BCUT2D eigenvalue weighted by Crippen LogP contribution is -2.78. The molecular weight excluding hydrogens is 656 g/mol. The number of carboxylic acids is 1. The summed E-state index contributed by atoms with van der Waals surface area (Å²) in [5.74, 6) is -110. The van der Waals surface area contributed by atoms with Crippen LogP contribution in [0.5, 0.6) is 0 Å². The first-order chi connectivity index (χ1) is 16.7. The van der Waals surface area contributed by atoms with Gasteiger partial charge in [0.2, 0.25) is 0 Å². The van der Waals surface area contributed by atoms with Gasteiger partial charge in [-0.25, -0.2) is 4.79 Å². The van der Waals surface area contributed by atoms with Crippen LogP contribution < -0.4 is 0 Å². The molecule has 0 fully saturated rings. The van der Waals surface area contributed by atoms with Crippen molar-refractivity contribution in [1.29, 1.82) is 0 Å². The largest absolute Gasteiger partial charge is 0.477 e. The lowest BCUT2D eigenvalue weighted by molar-refractivity contribution is -0.477. The SMILES string of the molecule is CC(F)(F)C(F)(F)C(F)(F)C(F)(F)C(F)(F)C(F)(F)C(F)(F)C(F)(F)C(F)(F)C(F)(F)C(F)(F)C(F)(F)C(=O)O. The molecule has 1 N–H and O–H groups in total. The Morgan fingerprint density at radius 1 is 0.350 bits per heavy atom. The summed E-state index contributed by atoms with van der Waals surface area (Å²) in [4.78, 5) is 9.90. The van der Waals surface area contributed by atoms with E-state index in [1.54, 1.807) is 0 Å². The number of carboxylic acid groups (broad SMARTS) is 1. The van der Waals surface area contributed by atoms with E-state index in [4.69, 9.17) is 5.11 Å². The predicted molar refractivity (Wildman–Crippen MR) is 72.7 cm³/mol. The van der Waals surface area contributed by atoms with E-state index >= 15 is 0 Å². The molecule has 0 spiro atoms. The Morgan fingerprint density at radius 3 is 0.650 bits per heavy atom. The standard InChI is InChI=1S/C14H4F24O2/c1-3(15,16)5(19,20)7(23,24)9(27,28)11(31,32)13(35,36)14(37,38)12(33,34)10(29,30)8(25,26)6(21,22)4(17,18)2(39)40/h1H3,(H,39,40). The van der Waals surface area contributed by atoms with E-state index in [0.717, 1.165) is 0 Å². The average molecular weight is 660 g/mol. The van der Waals surface area contributed by atoms with E-state index in [9.17, 15) is 110 Å². The van der Waals surface area contributed by atoms with E-state index in [1.165, 1.54) is 0 Å². The zero-order valence-electron chi connectivity index (χ0n) is 17.4. The van der Waals surface area contributed by atoms with Crippen LogP contribution in [0.4, 0.5) is 105 Å². The number of hydrogen-bond acceptors (Lipinski definition) is 1. The van der Waals surface area contributed by atoms with Crippen molar-refractivity contribution in [3.8, 4) is 0 Å². The van der Waals surface area contributed by atoms with Crippen molar-refractivity contribution >= 4 is 5.97 Å². The molecule has 26 heteroatoms. The molecule has 0 heterocycles. The molecule has 0 bridgehead atoms. The van der Waals surface area contributed by atoms with E-state index in [1.807, 2.05) is 0 Å². The van der Waals surface area contributed by atoms with Crippen molar-refractivity contribution in [2.24, 2.45) is 0 Å². The van der Waals surface area contributed by atoms with Gasteiger partial charge in [0.05, 0.1) is 0 Å². The second kappa shape index (κ2) is 8.89. The summed E-state index contributed by atoms with van der Waals surface area (Å²) in [7, 11) is 0. The maximum atomic E-state index is 13.5. The molecule has 0 aromatic rings. The monoisotopic (exact) mass is 660 g/mol. The van der Waals surface area contributed by atoms with Crippen LogP contribution in [0, 0.1) is 0 Å². The zero-order chi connectivity index (χ0) is 33.6. The molecule has 40 heavy (non-hydrogen) atoms. The molecule has 0 aromatic heterocycles. The number of aliphatic carboxylic acids is 1. The third kappa shape index (κ3) is 4.10. The highest BCUT2D eigenvalue weighted by Crippen LogP contribution is 2.67. The molecule has 2 nitrogen and oxygen atoms in total. The number of rotatable bonds is 12. The molecule has 240 valence electrons. The average Bonchev–Trinajstić information content (AvgIpc) is 2.71. The van der Waals surface area contributed by atoms with Crippen LogP contribution in [-0.2, 0) is 4.79 Å². The van der Waals surface area contributed by atoms with Gasteiger partial charge in [-0.05, 0) is 0 Å². The second-order valence-corrected chi connectivity index (χ2v) is 7.51. The van der Waals surface area contributed by atoms with Gasteiger partial charge in [0.15, 0.2) is 0 Å². The van der Waals surface area contributed by atoms with E-state index in [0.29, 0.717) is 0 Å². The highest BCUT2D eigenvalue weighted by Gasteiger charge is 2.99. The van der Waals surface area contributed by atoms with E-state index in [-0.39, 0.29) is 0 Å². The second-order valence-electron chi connectivity index (χ2n) is 7.51. The van der Waals surface area contributed by atoms with Crippen LogP contribution in [0.3, 0.4) is 0 Å². The van der Waals surface area contributed by atoms with Gasteiger partial charge in [-0.1, -0.05) is 0 Å². The third-order valence-corrected chi connectivity index (χ3v) is 4.76. The summed E-state index contributed by atoms with van der Waals surface area (Å²) in [5, 5.41) is 7.66. The summed E-state index contributed by atoms with van der Waals surface area (Å²) in [6, 6.07) is 0. The predicted octanol–water partition coefficient (Wildman–Crippen LogP) is 7.71. The molecule has 0 rings (SSSR count). The Balaban J connectivity index is 7.37. The van der Waals surface area contributed by atoms with Crippen LogP contribution in [0.1, 0.15) is 6.92 Å². The van der Waals surface area contributed by atoms with Crippen LogP contribution in [0.25, 0.3) is 0 Å². The molecule has 0 aliphatic carbocycles. The zero-order valence-corrected chi connectivity index (χ0v) is 17.4. The van der Waals surface area contributed by atoms with Gasteiger partial charge in [0.25, 0.3) is 0 Å². The highest BCUT2D eigenvalue weighted by atomic mass is 19.4. The minimum atomic E-state index is -9.59. The maximum Gasteiger partial charge on any atom is 0.410 e. The molecule has 0 aliphatic heterocycles. The highest BCUT2D eigenvalue weighted by molar-refractivity contribution is 5.77. The lowest BCUT2D eigenvalue weighted by Gasteiger charge is -2.45. The molecule has 0 aromatic carbocycles. The normalized spacial score (nSPS) is 16.8. The fraction of sp³-hybridized carbons (Fsp3) is 0.929. The smallest absolute Gasteiger partial charge is 0.410 e. The number of carbonyl (C=O) groups is 1. The summed E-state index contributed by atoms with van der Waals surface area (Å²) >= 11 is 0. The van der Waals surface area contributed by atoms with Gasteiger partial charge in [-0.2, -0.15) is 105 Å². The fourth-order valence-electron chi connectivity index (χ4n) is 2.18. The van der Waals surface area contributed by atoms with Crippen LogP contribution in [0.15, 0.2) is 0 Å². The Bertz CT molecular complexity index is 971. The quantitative estimate of drug-likeness (QED) is 0.218. The molecule has 0 aliphatic rings. The molecule has 0 saturated carbocycles. The van der Waals surface area contributed by atoms with Crippen LogP contribution in [0.2, 0.25) is 0 Å². The topological polar surface area (TPSA) is 37.3 Å². The lowest BCUT2D eigenvalue weighted by atomic mass is 9.84. The van der Waals surface area contributed by atoms with Gasteiger partial charge in [0.1, 0.15) is 0 Å². The molecule has 0 radical (unpaired) electrons. The van der Waals surface area contributed by atoms with Crippen molar-refractivity contribution in [1.82, 2.24) is 0 Å². The molecule has 0 atom stereocenters. The molecule has 0 amide bonds. The Labute approximate surface area is 200 Å². The van der Waals surface area contributed by atoms with Gasteiger partial charge in [-0.3, -0.25) is 0 Å². The molecular formula is C14H4F24O2. The van der Waals surface area contributed by atoms with Gasteiger partial charge in [-0.15, -0.1) is 0 Å². The maximum absolute atomic E-state index is 13.5. The van der Waals surface area contributed by atoms with Crippen molar-refractivity contribution < 1.29 is 115 Å². The first-order valence-corrected chi connectivity index (χ1v) is 8.46. The van der Waals surface area contributed by atoms with Crippen molar-refractivity contribution in [2.75, 3.05) is 0 Å². The Hall–Kier alpha value is -2.21. The van der Waals surface area contributed by atoms with E-state index in [2.05, 4.69) is 0 Å². The summed E-state index contributed by atoms with van der Waals surface area (Å²) < 4.78 is 318. The van der Waals surface area contributed by atoms with E-state index < -0.39 is 84.0 Å². The third-order valence-electron chi connectivity index (χ3n) is 4.76. The Kier molecular flexibility index (Phi) is 8.40. The van der Waals surface area contributed by atoms with Gasteiger partial charge in [0, 0.05) is 6.92 Å². The first-order valence-electron chi connectivity index (χ1n) is 8.46. The van der Waals surface area contributed by atoms with Crippen molar-refractivity contribution in [3.63, 3.8) is 0 Å².